The van der Waals surface area contributed by atoms with Crippen molar-refractivity contribution in [2.24, 2.45) is 20.4 Å². The molecule has 0 aliphatic carbocycles. The summed E-state index contributed by atoms with van der Waals surface area (Å²) < 4.78 is 0. The Morgan fingerprint density at radius 2 is 0.929 bits per heavy atom. The van der Waals surface area contributed by atoms with Gasteiger partial charge in [0.25, 0.3) is 5.96 Å². The highest BCUT2D eigenvalue weighted by Gasteiger charge is 1.94. The molecular formula is C22H20N6. The highest BCUT2D eigenvalue weighted by atomic mass is 15.5. The third kappa shape index (κ3) is 6.68. The fourth-order valence-corrected chi connectivity index (χ4v) is 2.18. The average Bonchev–Trinajstić information content (AvgIpc) is 2.76. The van der Waals surface area contributed by atoms with Crippen LogP contribution in [0.3, 0.4) is 0 Å². The van der Waals surface area contributed by atoms with Crippen LogP contribution in [0.15, 0.2) is 111 Å². The van der Waals surface area contributed by atoms with Gasteiger partial charge in [0.1, 0.15) is 0 Å². The number of hydrogen-bond donors (Lipinski definition) is 2. The van der Waals surface area contributed by atoms with E-state index in [1.165, 1.54) is 0 Å². The molecule has 0 aliphatic heterocycles. The lowest BCUT2D eigenvalue weighted by Gasteiger charge is -2.02. The van der Waals surface area contributed by atoms with Crippen molar-refractivity contribution in [2.45, 2.75) is 0 Å². The Morgan fingerprint density at radius 3 is 1.36 bits per heavy atom. The van der Waals surface area contributed by atoms with Gasteiger partial charge < -0.3 is 0 Å². The van der Waals surface area contributed by atoms with Crippen LogP contribution in [-0.4, -0.2) is 24.6 Å². The Hall–Kier alpha value is -4.06. The Kier molecular flexibility index (Phi) is 7.24. The molecule has 0 amide bonds. The second kappa shape index (κ2) is 10.8. The maximum absolute atomic E-state index is 4.18. The lowest BCUT2D eigenvalue weighted by molar-refractivity contribution is 0.890. The van der Waals surface area contributed by atoms with Crippen LogP contribution in [0, 0.1) is 0 Å². The van der Waals surface area contributed by atoms with Gasteiger partial charge >= 0.3 is 0 Å². The van der Waals surface area contributed by atoms with E-state index in [0.717, 1.165) is 16.7 Å². The van der Waals surface area contributed by atoms with Crippen molar-refractivity contribution in [1.82, 2.24) is 10.9 Å². The molecule has 28 heavy (non-hydrogen) atoms. The Bertz CT molecular complexity index is 895. The van der Waals surface area contributed by atoms with Crippen molar-refractivity contribution in [3.8, 4) is 0 Å². The molecule has 0 bridgehead atoms. The number of rotatable bonds is 6. The van der Waals surface area contributed by atoms with Crippen molar-refractivity contribution in [1.29, 1.82) is 0 Å². The van der Waals surface area contributed by atoms with E-state index in [9.17, 15) is 0 Å². The number of nitrogens with one attached hydrogen (secondary N) is 2. The molecule has 0 heterocycles. The molecule has 0 aliphatic rings. The minimum atomic E-state index is 0.298. The molecule has 0 saturated heterocycles. The highest BCUT2D eigenvalue weighted by Crippen LogP contribution is 1.95. The second-order valence-electron chi connectivity index (χ2n) is 5.67. The molecule has 2 N–H and O–H groups in total. The quantitative estimate of drug-likeness (QED) is 0.396. The summed E-state index contributed by atoms with van der Waals surface area (Å²) in [6.07, 6.45) is 5.04. The van der Waals surface area contributed by atoms with Gasteiger partial charge in [0.05, 0.1) is 18.6 Å². The minimum Gasteiger partial charge on any atom is -0.244 e. The van der Waals surface area contributed by atoms with Gasteiger partial charge in [-0.1, -0.05) is 91.0 Å². The molecule has 0 unspecified atom stereocenters. The van der Waals surface area contributed by atoms with Crippen molar-refractivity contribution in [2.75, 3.05) is 0 Å². The summed E-state index contributed by atoms with van der Waals surface area (Å²) in [4.78, 5) is 0. The van der Waals surface area contributed by atoms with Crippen LogP contribution in [0.1, 0.15) is 16.7 Å². The van der Waals surface area contributed by atoms with Gasteiger partial charge in [-0.25, -0.2) is 10.9 Å². The Labute approximate surface area is 164 Å². The van der Waals surface area contributed by atoms with E-state index in [1.807, 2.05) is 91.0 Å². The number of hydrogen-bond acceptors (Lipinski definition) is 4. The van der Waals surface area contributed by atoms with Crippen LogP contribution in [0.25, 0.3) is 0 Å². The summed E-state index contributed by atoms with van der Waals surface area (Å²) in [5.74, 6) is 0.298. The third-order valence-corrected chi connectivity index (χ3v) is 3.53. The molecule has 0 saturated carbocycles. The predicted molar refractivity (Wildman–Crippen MR) is 116 cm³/mol. The third-order valence-electron chi connectivity index (χ3n) is 3.53. The molecule has 6 nitrogen and oxygen atoms in total. The molecule has 0 atom stereocenters. The lowest BCUT2D eigenvalue weighted by Crippen LogP contribution is -2.30. The number of hydrazone groups is 2. The standard InChI is InChI=1S/C22H20N6/c1-4-10-19(11-5-1)16-23-26-22(27-24-17-20-12-6-2-7-13-20)28-25-18-21-14-8-3-9-15-21/h1-18H,(H2,26,27,28)/b23-16+,24-17+,25-18+. The van der Waals surface area contributed by atoms with Crippen LogP contribution >= 0.6 is 0 Å². The van der Waals surface area contributed by atoms with E-state index >= 15 is 0 Å². The van der Waals surface area contributed by atoms with Crippen LogP contribution in [0.4, 0.5) is 0 Å². The van der Waals surface area contributed by atoms with Gasteiger partial charge in [-0.3, -0.25) is 0 Å². The molecule has 0 fully saturated rings. The Balaban J connectivity index is 1.67. The first-order chi connectivity index (χ1) is 13.9. The van der Waals surface area contributed by atoms with Crippen molar-refractivity contribution in [3.05, 3.63) is 108 Å². The number of guanidine groups is 1. The summed E-state index contributed by atoms with van der Waals surface area (Å²) in [5.41, 5.74) is 8.53. The zero-order chi connectivity index (χ0) is 19.3. The molecule has 3 aromatic carbocycles. The molecule has 6 heteroatoms. The molecule has 0 radical (unpaired) electrons. The number of benzene rings is 3. The number of nitrogens with zero attached hydrogens (tertiary/aromatic N) is 4. The predicted octanol–water partition coefficient (Wildman–Crippen LogP) is 3.62. The van der Waals surface area contributed by atoms with Gasteiger partial charge in [0.15, 0.2) is 0 Å². The van der Waals surface area contributed by atoms with Crippen molar-refractivity contribution < 1.29 is 0 Å². The van der Waals surface area contributed by atoms with Crippen LogP contribution in [0.2, 0.25) is 0 Å². The Morgan fingerprint density at radius 1 is 0.536 bits per heavy atom. The molecule has 0 aromatic heterocycles. The fourth-order valence-electron chi connectivity index (χ4n) is 2.18. The van der Waals surface area contributed by atoms with E-state index in [1.54, 1.807) is 18.6 Å². The van der Waals surface area contributed by atoms with E-state index in [0.29, 0.717) is 5.96 Å². The summed E-state index contributed by atoms with van der Waals surface area (Å²) >= 11 is 0. The fraction of sp³-hybridized carbons (Fsp3) is 0. The molecular weight excluding hydrogens is 348 g/mol. The van der Waals surface area contributed by atoms with Gasteiger partial charge in [0, 0.05) is 0 Å². The average molecular weight is 368 g/mol. The topological polar surface area (TPSA) is 73.5 Å². The second-order valence-corrected chi connectivity index (χ2v) is 5.67. The minimum absolute atomic E-state index is 0.298. The van der Waals surface area contributed by atoms with Crippen molar-refractivity contribution in [3.63, 3.8) is 0 Å². The molecule has 3 rings (SSSR count). The van der Waals surface area contributed by atoms with E-state index < -0.39 is 0 Å². The van der Waals surface area contributed by atoms with Crippen molar-refractivity contribution >= 4 is 24.6 Å². The monoisotopic (exact) mass is 368 g/mol. The van der Waals surface area contributed by atoms with E-state index in [2.05, 4.69) is 31.3 Å². The van der Waals surface area contributed by atoms with Crippen LogP contribution in [0.5, 0.6) is 0 Å². The molecule has 3 aromatic rings. The first kappa shape index (κ1) is 18.7. The normalized spacial score (nSPS) is 11.1. The maximum Gasteiger partial charge on any atom is 0.257 e. The zero-order valence-corrected chi connectivity index (χ0v) is 15.2. The maximum atomic E-state index is 4.18. The molecule has 138 valence electrons. The molecule has 0 spiro atoms. The summed E-state index contributed by atoms with van der Waals surface area (Å²) in [7, 11) is 0. The van der Waals surface area contributed by atoms with E-state index in [4.69, 9.17) is 0 Å². The lowest BCUT2D eigenvalue weighted by atomic mass is 10.2. The van der Waals surface area contributed by atoms with Gasteiger partial charge in [-0.2, -0.15) is 15.3 Å². The summed E-state index contributed by atoms with van der Waals surface area (Å²) in [6.45, 7) is 0. The van der Waals surface area contributed by atoms with Crippen LogP contribution < -0.4 is 10.9 Å². The first-order valence-electron chi connectivity index (χ1n) is 8.74. The van der Waals surface area contributed by atoms with Gasteiger partial charge in [-0.05, 0) is 16.7 Å². The van der Waals surface area contributed by atoms with Crippen LogP contribution in [-0.2, 0) is 0 Å². The SMILES string of the molecule is C(=N\N=C(N/N=C/c1ccccc1)N/N=C/c1ccccc1)/c1ccccc1. The van der Waals surface area contributed by atoms with E-state index in [-0.39, 0.29) is 0 Å². The van der Waals surface area contributed by atoms with Gasteiger partial charge in [-0.15, -0.1) is 5.10 Å². The summed E-state index contributed by atoms with van der Waals surface area (Å²) in [6, 6.07) is 29.2. The summed E-state index contributed by atoms with van der Waals surface area (Å²) in [5, 5.41) is 16.6. The highest BCUT2D eigenvalue weighted by molar-refractivity contribution is 5.86. The zero-order valence-electron chi connectivity index (χ0n) is 15.2. The van der Waals surface area contributed by atoms with Gasteiger partial charge in [0.2, 0.25) is 0 Å². The largest absolute Gasteiger partial charge is 0.257 e. The first-order valence-corrected chi connectivity index (χ1v) is 8.74. The smallest absolute Gasteiger partial charge is 0.244 e.